The lowest BCUT2D eigenvalue weighted by Gasteiger charge is -2.08. The van der Waals surface area contributed by atoms with E-state index in [1.54, 1.807) is 36.4 Å². The fraction of sp³-hybridized carbons (Fsp3) is 0.100. The number of halogens is 1. The summed E-state index contributed by atoms with van der Waals surface area (Å²) in [6, 6.07) is 15.7. The molecule has 138 valence electrons. The molecule has 27 heavy (non-hydrogen) atoms. The fourth-order valence-corrected chi connectivity index (χ4v) is 2.24. The number of hydrogen-bond donors (Lipinski definition) is 2. The Labute approximate surface area is 155 Å². The van der Waals surface area contributed by atoms with Gasteiger partial charge in [0.15, 0.2) is 12.4 Å². The standard InChI is InChI=1S/C20H17FN2O4/c21-15-5-9-17(10-6-15)27-13-19(24)22-12-14-3-7-16(8-4-14)23-20(25)18-2-1-11-26-18/h1-11H,12-13H2,(H,22,24)(H,23,25). The van der Waals surface area contributed by atoms with Crippen molar-refractivity contribution in [1.82, 2.24) is 5.32 Å². The molecule has 0 fully saturated rings. The van der Waals surface area contributed by atoms with Gasteiger partial charge >= 0.3 is 0 Å². The van der Waals surface area contributed by atoms with Gasteiger partial charge in [-0.05, 0) is 54.1 Å². The maximum atomic E-state index is 12.8. The molecule has 0 bridgehead atoms. The molecule has 2 N–H and O–H groups in total. The molecule has 3 aromatic rings. The lowest BCUT2D eigenvalue weighted by Crippen LogP contribution is -2.28. The van der Waals surface area contributed by atoms with Crippen LogP contribution in [-0.4, -0.2) is 18.4 Å². The lowest BCUT2D eigenvalue weighted by atomic mass is 10.2. The van der Waals surface area contributed by atoms with E-state index in [4.69, 9.17) is 9.15 Å². The number of benzene rings is 2. The summed E-state index contributed by atoms with van der Waals surface area (Å²) >= 11 is 0. The van der Waals surface area contributed by atoms with Crippen LogP contribution in [0.5, 0.6) is 5.75 Å². The molecular weight excluding hydrogens is 351 g/mol. The van der Waals surface area contributed by atoms with Gasteiger partial charge in [0, 0.05) is 12.2 Å². The molecule has 7 heteroatoms. The molecule has 2 aromatic carbocycles. The highest BCUT2D eigenvalue weighted by Gasteiger charge is 2.08. The van der Waals surface area contributed by atoms with Crippen LogP contribution in [0.3, 0.4) is 0 Å². The molecule has 0 radical (unpaired) electrons. The quantitative estimate of drug-likeness (QED) is 0.670. The summed E-state index contributed by atoms with van der Waals surface area (Å²) in [6.45, 7) is 0.154. The summed E-state index contributed by atoms with van der Waals surface area (Å²) in [5.74, 6) is -0.347. The third-order valence-electron chi connectivity index (χ3n) is 3.63. The second-order valence-corrected chi connectivity index (χ2v) is 5.65. The van der Waals surface area contributed by atoms with Crippen LogP contribution in [0.25, 0.3) is 0 Å². The number of anilines is 1. The molecule has 1 aromatic heterocycles. The Kier molecular flexibility index (Phi) is 5.84. The van der Waals surface area contributed by atoms with Crippen molar-refractivity contribution in [1.29, 1.82) is 0 Å². The zero-order valence-electron chi connectivity index (χ0n) is 14.3. The van der Waals surface area contributed by atoms with Gasteiger partial charge in [0.25, 0.3) is 11.8 Å². The minimum absolute atomic E-state index is 0.164. The van der Waals surface area contributed by atoms with Crippen LogP contribution in [0, 0.1) is 5.82 Å². The van der Waals surface area contributed by atoms with Crippen molar-refractivity contribution in [3.05, 3.63) is 84.1 Å². The topological polar surface area (TPSA) is 80.6 Å². The zero-order valence-corrected chi connectivity index (χ0v) is 14.3. The molecule has 1 heterocycles. The summed E-state index contributed by atoms with van der Waals surface area (Å²) < 4.78 is 23.1. The predicted octanol–water partition coefficient (Wildman–Crippen LogP) is 3.37. The Morgan fingerprint density at radius 1 is 1.00 bits per heavy atom. The van der Waals surface area contributed by atoms with Crippen molar-refractivity contribution in [2.75, 3.05) is 11.9 Å². The SMILES string of the molecule is O=C(COc1ccc(F)cc1)NCc1ccc(NC(=O)c2ccco2)cc1. The lowest BCUT2D eigenvalue weighted by molar-refractivity contribution is -0.123. The van der Waals surface area contributed by atoms with Gasteiger partial charge in [0.1, 0.15) is 11.6 Å². The molecule has 0 saturated heterocycles. The number of furan rings is 1. The number of carbonyl (C=O) groups excluding carboxylic acids is 2. The average Bonchev–Trinajstić information content (AvgIpc) is 3.22. The molecule has 3 rings (SSSR count). The normalized spacial score (nSPS) is 10.3. The molecule has 0 aliphatic rings. The van der Waals surface area contributed by atoms with Crippen molar-refractivity contribution >= 4 is 17.5 Å². The first-order chi connectivity index (χ1) is 13.1. The van der Waals surface area contributed by atoms with Crippen molar-refractivity contribution in [2.45, 2.75) is 6.54 Å². The summed E-state index contributed by atoms with van der Waals surface area (Å²) in [5, 5.41) is 5.43. The van der Waals surface area contributed by atoms with Gasteiger partial charge in [-0.3, -0.25) is 9.59 Å². The summed E-state index contributed by atoms with van der Waals surface area (Å²) in [5.41, 5.74) is 1.48. The van der Waals surface area contributed by atoms with Crippen LogP contribution < -0.4 is 15.4 Å². The number of ether oxygens (including phenoxy) is 1. The van der Waals surface area contributed by atoms with E-state index in [1.165, 1.54) is 30.5 Å². The first-order valence-corrected chi connectivity index (χ1v) is 8.19. The number of nitrogens with one attached hydrogen (secondary N) is 2. The molecule has 2 amide bonds. The summed E-state index contributed by atoms with van der Waals surface area (Å²) in [4.78, 5) is 23.7. The molecule has 0 saturated carbocycles. The summed E-state index contributed by atoms with van der Waals surface area (Å²) in [6.07, 6.45) is 1.43. The van der Waals surface area contributed by atoms with E-state index in [2.05, 4.69) is 10.6 Å². The largest absolute Gasteiger partial charge is 0.484 e. The zero-order chi connectivity index (χ0) is 19.1. The van der Waals surface area contributed by atoms with Gasteiger partial charge in [0.2, 0.25) is 0 Å². The molecule has 6 nitrogen and oxygen atoms in total. The van der Waals surface area contributed by atoms with Gasteiger partial charge in [-0.25, -0.2) is 4.39 Å². The monoisotopic (exact) mass is 368 g/mol. The predicted molar refractivity (Wildman–Crippen MR) is 96.8 cm³/mol. The number of carbonyl (C=O) groups is 2. The maximum absolute atomic E-state index is 12.8. The average molecular weight is 368 g/mol. The van der Waals surface area contributed by atoms with Crippen molar-refractivity contribution in [2.24, 2.45) is 0 Å². The van der Waals surface area contributed by atoms with Crippen molar-refractivity contribution in [3.63, 3.8) is 0 Å². The molecule has 0 aliphatic heterocycles. The van der Waals surface area contributed by atoms with E-state index < -0.39 is 0 Å². The Bertz CT molecular complexity index is 891. The van der Waals surface area contributed by atoms with Crippen LogP contribution in [0.4, 0.5) is 10.1 Å². The second kappa shape index (κ2) is 8.66. The van der Waals surface area contributed by atoms with E-state index in [0.29, 0.717) is 18.0 Å². The van der Waals surface area contributed by atoms with E-state index in [-0.39, 0.29) is 30.0 Å². The van der Waals surface area contributed by atoms with Crippen LogP contribution in [0.1, 0.15) is 16.1 Å². The highest BCUT2D eigenvalue weighted by atomic mass is 19.1. The first-order valence-electron chi connectivity index (χ1n) is 8.19. The molecule has 0 atom stereocenters. The van der Waals surface area contributed by atoms with Crippen LogP contribution in [-0.2, 0) is 11.3 Å². The number of amides is 2. The highest BCUT2D eigenvalue weighted by Crippen LogP contribution is 2.12. The van der Waals surface area contributed by atoms with E-state index in [1.807, 2.05) is 0 Å². The first kappa shape index (κ1) is 18.2. The fourth-order valence-electron chi connectivity index (χ4n) is 2.24. The van der Waals surface area contributed by atoms with E-state index in [9.17, 15) is 14.0 Å². The van der Waals surface area contributed by atoms with Gasteiger partial charge in [-0.1, -0.05) is 12.1 Å². The number of hydrogen-bond acceptors (Lipinski definition) is 4. The van der Waals surface area contributed by atoms with Crippen LogP contribution in [0.2, 0.25) is 0 Å². The molecule has 0 aliphatic carbocycles. The highest BCUT2D eigenvalue weighted by molar-refractivity contribution is 6.02. The molecule has 0 spiro atoms. The van der Waals surface area contributed by atoms with E-state index >= 15 is 0 Å². The minimum atomic E-state index is -0.365. The van der Waals surface area contributed by atoms with Gasteiger partial charge in [-0.2, -0.15) is 0 Å². The Morgan fingerprint density at radius 3 is 2.41 bits per heavy atom. The maximum Gasteiger partial charge on any atom is 0.291 e. The van der Waals surface area contributed by atoms with Crippen molar-refractivity contribution in [3.8, 4) is 5.75 Å². The van der Waals surface area contributed by atoms with Crippen LogP contribution in [0.15, 0.2) is 71.3 Å². The second-order valence-electron chi connectivity index (χ2n) is 5.65. The molecular formula is C20H17FN2O4. The van der Waals surface area contributed by atoms with Gasteiger partial charge < -0.3 is 19.8 Å². The smallest absolute Gasteiger partial charge is 0.291 e. The minimum Gasteiger partial charge on any atom is -0.484 e. The third kappa shape index (κ3) is 5.43. The third-order valence-corrected chi connectivity index (χ3v) is 3.63. The Morgan fingerprint density at radius 2 is 1.74 bits per heavy atom. The van der Waals surface area contributed by atoms with Crippen LogP contribution >= 0.6 is 0 Å². The van der Waals surface area contributed by atoms with Gasteiger partial charge in [0.05, 0.1) is 6.26 Å². The Hall–Kier alpha value is -3.61. The summed E-state index contributed by atoms with van der Waals surface area (Å²) in [7, 11) is 0. The Balaban J connectivity index is 1.43. The van der Waals surface area contributed by atoms with E-state index in [0.717, 1.165) is 5.56 Å². The van der Waals surface area contributed by atoms with Gasteiger partial charge in [-0.15, -0.1) is 0 Å². The molecule has 0 unspecified atom stereocenters. The number of rotatable bonds is 7. The van der Waals surface area contributed by atoms with Crippen molar-refractivity contribution < 1.29 is 23.1 Å².